The fraction of sp³-hybridized carbons (Fsp3) is 0.333. The maximum absolute atomic E-state index is 12.0. The summed E-state index contributed by atoms with van der Waals surface area (Å²) in [4.78, 5) is 0. The Hall–Kier alpha value is -1.05. The van der Waals surface area contributed by atoms with E-state index in [1.54, 1.807) is 0 Å². The van der Waals surface area contributed by atoms with Gasteiger partial charge in [0.2, 0.25) is 0 Å². The van der Waals surface area contributed by atoms with Crippen molar-refractivity contribution in [2.75, 3.05) is 6.61 Å². The zero-order valence-corrected chi connectivity index (χ0v) is 9.69. The van der Waals surface area contributed by atoms with Crippen molar-refractivity contribution in [2.45, 2.75) is 12.8 Å². The van der Waals surface area contributed by atoms with Gasteiger partial charge in [-0.25, -0.2) is 8.78 Å². The molecule has 1 rings (SSSR count). The number of benzene rings is 1. The van der Waals surface area contributed by atoms with E-state index in [-0.39, 0.29) is 10.2 Å². The molecule has 0 unspecified atom stereocenters. The smallest absolute Gasteiger partial charge is 0.488 e. The summed E-state index contributed by atoms with van der Waals surface area (Å²) in [6, 6.07) is 3.33. The molecule has 2 nitrogen and oxygen atoms in total. The van der Waals surface area contributed by atoms with Crippen molar-refractivity contribution in [3.63, 3.8) is 0 Å². The van der Waals surface area contributed by atoms with Crippen LogP contribution in [0, 0.1) is 0 Å². The highest BCUT2D eigenvalue weighted by Gasteiger charge is 2.32. The molecule has 0 radical (unpaired) electrons. The van der Waals surface area contributed by atoms with Gasteiger partial charge in [-0.05, 0) is 28.1 Å². The van der Waals surface area contributed by atoms with Gasteiger partial charge in [0.25, 0.3) is 6.43 Å². The van der Waals surface area contributed by atoms with E-state index in [1.807, 2.05) is 0 Å². The van der Waals surface area contributed by atoms with Crippen LogP contribution in [0.2, 0.25) is 0 Å². The molecule has 0 amide bonds. The normalized spacial score (nSPS) is 11.7. The molecule has 1 aromatic rings. The topological polar surface area (TPSA) is 18.5 Å². The average molecular weight is 321 g/mol. The van der Waals surface area contributed by atoms with Gasteiger partial charge in [0.1, 0.15) is 18.1 Å². The van der Waals surface area contributed by atoms with Crippen molar-refractivity contribution in [3.8, 4) is 11.5 Å². The predicted octanol–water partition coefficient (Wildman–Crippen LogP) is 3.99. The second-order valence-electron chi connectivity index (χ2n) is 2.84. The van der Waals surface area contributed by atoms with Gasteiger partial charge < -0.3 is 9.47 Å². The molecule has 1 aromatic carbocycles. The Balaban J connectivity index is 2.79. The quantitative estimate of drug-likeness (QED) is 0.781. The molecule has 0 saturated heterocycles. The first-order valence-corrected chi connectivity index (χ1v) is 5.03. The molecule has 0 spiro atoms. The Morgan fingerprint density at radius 3 is 2.41 bits per heavy atom. The zero-order valence-electron chi connectivity index (χ0n) is 8.10. The molecule has 0 heterocycles. The van der Waals surface area contributed by atoms with Gasteiger partial charge in [0, 0.05) is 6.07 Å². The summed E-state index contributed by atoms with van der Waals surface area (Å²) in [5.74, 6) is -0.683. The van der Waals surface area contributed by atoms with Gasteiger partial charge in [0.15, 0.2) is 0 Å². The van der Waals surface area contributed by atoms with E-state index in [0.717, 1.165) is 6.07 Å². The van der Waals surface area contributed by atoms with Crippen molar-refractivity contribution < 1.29 is 31.4 Å². The number of alkyl halides is 5. The van der Waals surface area contributed by atoms with E-state index in [2.05, 4.69) is 25.4 Å². The van der Waals surface area contributed by atoms with E-state index in [4.69, 9.17) is 0 Å². The highest BCUT2D eigenvalue weighted by Crippen LogP contribution is 2.33. The lowest BCUT2D eigenvalue weighted by molar-refractivity contribution is -0.274. The van der Waals surface area contributed by atoms with Crippen molar-refractivity contribution in [1.82, 2.24) is 0 Å². The van der Waals surface area contributed by atoms with Gasteiger partial charge in [-0.2, -0.15) is 0 Å². The summed E-state index contributed by atoms with van der Waals surface area (Å²) in [7, 11) is 0. The highest BCUT2D eigenvalue weighted by molar-refractivity contribution is 9.10. The number of rotatable bonds is 4. The minimum atomic E-state index is -4.86. The van der Waals surface area contributed by atoms with Crippen molar-refractivity contribution in [1.29, 1.82) is 0 Å². The minimum Gasteiger partial charge on any atom is -0.488 e. The number of hydrogen-bond donors (Lipinski definition) is 0. The fourth-order valence-electron chi connectivity index (χ4n) is 0.936. The molecule has 0 aliphatic carbocycles. The molecule has 0 N–H and O–H groups in total. The lowest BCUT2D eigenvalue weighted by Gasteiger charge is -2.12. The van der Waals surface area contributed by atoms with Crippen molar-refractivity contribution in [2.24, 2.45) is 0 Å². The molecule has 0 aliphatic heterocycles. The molecule has 96 valence electrons. The lowest BCUT2D eigenvalue weighted by atomic mass is 10.3. The first kappa shape index (κ1) is 14.0. The fourth-order valence-corrected chi connectivity index (χ4v) is 1.26. The summed E-state index contributed by atoms with van der Waals surface area (Å²) in [5, 5.41) is 0. The predicted molar refractivity (Wildman–Crippen MR) is 52.3 cm³/mol. The van der Waals surface area contributed by atoms with Gasteiger partial charge in [0.05, 0.1) is 4.47 Å². The SMILES string of the molecule is FC(F)COc1ccc(Br)c(OC(F)(F)F)c1. The van der Waals surface area contributed by atoms with Crippen LogP contribution in [-0.2, 0) is 0 Å². The van der Waals surface area contributed by atoms with E-state index < -0.39 is 25.1 Å². The molecule has 0 saturated carbocycles. The van der Waals surface area contributed by atoms with E-state index >= 15 is 0 Å². The Kier molecular flexibility index (Phi) is 4.55. The van der Waals surface area contributed by atoms with E-state index in [0.29, 0.717) is 0 Å². The number of ether oxygens (including phenoxy) is 2. The minimum absolute atomic E-state index is 0.0409. The van der Waals surface area contributed by atoms with Crippen molar-refractivity contribution in [3.05, 3.63) is 22.7 Å². The Labute approximate surface area is 101 Å². The van der Waals surface area contributed by atoms with Crippen LogP contribution < -0.4 is 9.47 Å². The third-order valence-corrected chi connectivity index (χ3v) is 2.16. The molecule has 8 heteroatoms. The van der Waals surface area contributed by atoms with Crippen LogP contribution in [0.25, 0.3) is 0 Å². The molecular formula is C9H6BrF5O2. The maximum Gasteiger partial charge on any atom is 0.573 e. The summed E-state index contributed by atoms with van der Waals surface area (Å²) < 4.78 is 67.8. The standard InChI is InChI=1S/C9H6BrF5O2/c10-6-2-1-5(16-4-8(11)12)3-7(6)17-9(13,14)15/h1-3,8H,4H2. The Morgan fingerprint density at radius 1 is 1.24 bits per heavy atom. The first-order valence-electron chi connectivity index (χ1n) is 4.24. The van der Waals surface area contributed by atoms with Crippen LogP contribution in [-0.4, -0.2) is 19.4 Å². The van der Waals surface area contributed by atoms with Crippen LogP contribution in [0.1, 0.15) is 0 Å². The largest absolute Gasteiger partial charge is 0.573 e. The van der Waals surface area contributed by atoms with Crippen LogP contribution in [0.3, 0.4) is 0 Å². The van der Waals surface area contributed by atoms with Gasteiger partial charge in [-0.1, -0.05) is 0 Å². The van der Waals surface area contributed by atoms with Gasteiger partial charge in [-0.15, -0.1) is 13.2 Å². The summed E-state index contributed by atoms with van der Waals surface area (Å²) in [6.07, 6.45) is -7.56. The maximum atomic E-state index is 12.0. The summed E-state index contributed by atoms with van der Waals surface area (Å²) in [6.45, 7) is -0.896. The van der Waals surface area contributed by atoms with Crippen LogP contribution in [0.4, 0.5) is 22.0 Å². The van der Waals surface area contributed by atoms with E-state index in [1.165, 1.54) is 12.1 Å². The lowest BCUT2D eigenvalue weighted by Crippen LogP contribution is -2.17. The molecule has 0 bridgehead atoms. The summed E-state index contributed by atoms with van der Waals surface area (Å²) >= 11 is 2.83. The van der Waals surface area contributed by atoms with Crippen molar-refractivity contribution >= 4 is 15.9 Å². The Bertz CT molecular complexity index is 380. The third-order valence-electron chi connectivity index (χ3n) is 1.50. The number of hydrogen-bond acceptors (Lipinski definition) is 2. The molecule has 17 heavy (non-hydrogen) atoms. The monoisotopic (exact) mass is 320 g/mol. The summed E-state index contributed by atoms with van der Waals surface area (Å²) in [5.41, 5.74) is 0. The van der Waals surface area contributed by atoms with Gasteiger partial charge in [-0.3, -0.25) is 0 Å². The molecule has 0 atom stereocenters. The van der Waals surface area contributed by atoms with Crippen LogP contribution in [0.5, 0.6) is 11.5 Å². The second-order valence-corrected chi connectivity index (χ2v) is 3.70. The second kappa shape index (κ2) is 5.52. The third kappa shape index (κ3) is 5.20. The van der Waals surface area contributed by atoms with Crippen LogP contribution in [0.15, 0.2) is 22.7 Å². The Morgan fingerprint density at radius 2 is 1.88 bits per heavy atom. The molecular weight excluding hydrogens is 315 g/mol. The molecule has 0 aromatic heterocycles. The highest BCUT2D eigenvalue weighted by atomic mass is 79.9. The van der Waals surface area contributed by atoms with Crippen LogP contribution >= 0.6 is 15.9 Å². The molecule has 0 fully saturated rings. The van der Waals surface area contributed by atoms with E-state index in [9.17, 15) is 22.0 Å². The first-order chi connectivity index (χ1) is 7.78. The van der Waals surface area contributed by atoms with Gasteiger partial charge >= 0.3 is 6.36 Å². The average Bonchev–Trinajstić information content (AvgIpc) is 2.17. The zero-order chi connectivity index (χ0) is 13.1. The molecule has 0 aliphatic rings. The number of halogens is 6.